The number of halogens is 4. The maximum Gasteiger partial charge on any atom is 0.416 e. The number of hydrogen-bond donors (Lipinski definition) is 0. The Labute approximate surface area is 95.2 Å². The molecule has 6 heteroatoms. The second kappa shape index (κ2) is 4.83. The first kappa shape index (κ1) is 13.6. The summed E-state index contributed by atoms with van der Waals surface area (Å²) in [7, 11) is 1.17. The van der Waals surface area contributed by atoms with Crippen LogP contribution >= 0.6 is 0 Å². The van der Waals surface area contributed by atoms with Crippen molar-refractivity contribution in [2.75, 3.05) is 7.11 Å². The fourth-order valence-corrected chi connectivity index (χ4v) is 1.46. The molecule has 0 bridgehead atoms. The van der Waals surface area contributed by atoms with E-state index in [-0.39, 0.29) is 5.56 Å². The van der Waals surface area contributed by atoms with Gasteiger partial charge in [0.05, 0.1) is 5.56 Å². The lowest BCUT2D eigenvalue weighted by Gasteiger charge is -2.15. The number of alkyl halides is 3. The molecule has 0 aliphatic rings. The van der Waals surface area contributed by atoms with Crippen molar-refractivity contribution >= 4 is 5.78 Å². The molecule has 2 nitrogen and oxygen atoms in total. The minimum absolute atomic E-state index is 0.146. The number of Topliss-reactive ketones (excluding diaryl/α,β-unsaturated/α-hetero) is 1. The van der Waals surface area contributed by atoms with Gasteiger partial charge in [0, 0.05) is 7.11 Å². The Hall–Kier alpha value is -1.43. The van der Waals surface area contributed by atoms with E-state index in [1.165, 1.54) is 7.11 Å². The van der Waals surface area contributed by atoms with Crippen LogP contribution in [0.1, 0.15) is 24.2 Å². The van der Waals surface area contributed by atoms with Crippen molar-refractivity contribution in [1.82, 2.24) is 0 Å². The van der Waals surface area contributed by atoms with Gasteiger partial charge in [0.15, 0.2) is 5.78 Å². The van der Waals surface area contributed by atoms with Gasteiger partial charge >= 0.3 is 6.18 Å². The zero-order chi connectivity index (χ0) is 13.2. The summed E-state index contributed by atoms with van der Waals surface area (Å²) in [6.45, 7) is 1.16. The molecule has 0 saturated carbocycles. The second-order valence-electron chi connectivity index (χ2n) is 3.50. The van der Waals surface area contributed by atoms with E-state index in [1.54, 1.807) is 0 Å². The molecule has 1 unspecified atom stereocenters. The molecule has 1 rings (SSSR count). The molecule has 0 aliphatic heterocycles. The Morgan fingerprint density at radius 3 is 2.29 bits per heavy atom. The Balaban J connectivity index is 3.26. The van der Waals surface area contributed by atoms with Crippen LogP contribution in [-0.2, 0) is 15.7 Å². The quantitative estimate of drug-likeness (QED) is 0.770. The Morgan fingerprint density at radius 2 is 1.88 bits per heavy atom. The van der Waals surface area contributed by atoms with Crippen LogP contribution in [-0.4, -0.2) is 12.9 Å². The Bertz CT molecular complexity index is 426. The molecule has 0 saturated heterocycles. The van der Waals surface area contributed by atoms with Crippen LogP contribution in [0.25, 0.3) is 0 Å². The summed E-state index contributed by atoms with van der Waals surface area (Å²) in [5.74, 6) is -1.55. The molecule has 0 spiro atoms. The maximum atomic E-state index is 13.1. The minimum atomic E-state index is -4.66. The van der Waals surface area contributed by atoms with E-state index in [4.69, 9.17) is 4.74 Å². The monoisotopic (exact) mass is 250 g/mol. The van der Waals surface area contributed by atoms with Crippen molar-refractivity contribution in [3.63, 3.8) is 0 Å². The first-order valence-corrected chi connectivity index (χ1v) is 4.66. The third kappa shape index (κ3) is 3.26. The minimum Gasteiger partial charge on any atom is -0.369 e. The van der Waals surface area contributed by atoms with E-state index in [1.807, 2.05) is 0 Å². The molecule has 0 aliphatic carbocycles. The highest BCUT2D eigenvalue weighted by atomic mass is 19.4. The van der Waals surface area contributed by atoms with Crippen LogP contribution < -0.4 is 0 Å². The van der Waals surface area contributed by atoms with Gasteiger partial charge < -0.3 is 4.74 Å². The third-order valence-electron chi connectivity index (χ3n) is 2.16. The van der Waals surface area contributed by atoms with Crippen molar-refractivity contribution in [2.24, 2.45) is 0 Å². The van der Waals surface area contributed by atoms with Crippen molar-refractivity contribution < 1.29 is 27.1 Å². The van der Waals surface area contributed by atoms with Gasteiger partial charge in [-0.15, -0.1) is 0 Å². The van der Waals surface area contributed by atoms with E-state index in [0.29, 0.717) is 12.1 Å². The van der Waals surface area contributed by atoms with Crippen LogP contribution in [0, 0.1) is 5.82 Å². The summed E-state index contributed by atoms with van der Waals surface area (Å²) in [5.41, 5.74) is -1.29. The number of carbonyl (C=O) groups is 1. The number of methoxy groups -OCH3 is 1. The number of rotatable bonds is 3. The fourth-order valence-electron chi connectivity index (χ4n) is 1.46. The highest BCUT2D eigenvalue weighted by Crippen LogP contribution is 2.32. The van der Waals surface area contributed by atoms with Crippen molar-refractivity contribution in [3.8, 4) is 0 Å². The molecule has 1 atom stereocenters. The zero-order valence-electron chi connectivity index (χ0n) is 9.14. The summed E-state index contributed by atoms with van der Waals surface area (Å²) in [6.07, 6.45) is -5.85. The number of benzene rings is 1. The molecule has 0 amide bonds. The van der Waals surface area contributed by atoms with E-state index < -0.39 is 29.4 Å². The molecule has 94 valence electrons. The molecule has 1 aromatic carbocycles. The highest BCUT2D eigenvalue weighted by molar-refractivity contribution is 5.81. The molecular formula is C11H10F4O2. The average Bonchev–Trinajstić information content (AvgIpc) is 2.15. The largest absolute Gasteiger partial charge is 0.416 e. The number of carbonyl (C=O) groups excluding carboxylic acids is 1. The molecule has 0 fully saturated rings. The van der Waals surface area contributed by atoms with Gasteiger partial charge in [-0.25, -0.2) is 4.39 Å². The molecule has 17 heavy (non-hydrogen) atoms. The Kier molecular flexibility index (Phi) is 3.87. The molecule has 0 heterocycles. The van der Waals surface area contributed by atoms with Crippen LogP contribution in [0.3, 0.4) is 0 Å². The molecular weight excluding hydrogens is 240 g/mol. The molecule has 0 radical (unpaired) electrons. The van der Waals surface area contributed by atoms with E-state index >= 15 is 0 Å². The lowest BCUT2D eigenvalue weighted by molar-refractivity contribution is -0.138. The van der Waals surface area contributed by atoms with Gasteiger partial charge in [0.2, 0.25) is 0 Å². The van der Waals surface area contributed by atoms with Crippen molar-refractivity contribution in [1.29, 1.82) is 0 Å². The van der Waals surface area contributed by atoms with Gasteiger partial charge in [-0.05, 0) is 30.7 Å². The van der Waals surface area contributed by atoms with Gasteiger partial charge in [-0.3, -0.25) is 4.79 Å². The van der Waals surface area contributed by atoms with Crippen molar-refractivity contribution in [2.45, 2.75) is 19.2 Å². The van der Waals surface area contributed by atoms with Gasteiger partial charge in [-0.1, -0.05) is 0 Å². The van der Waals surface area contributed by atoms with Crippen LogP contribution in [0.15, 0.2) is 18.2 Å². The van der Waals surface area contributed by atoms with Crippen molar-refractivity contribution in [3.05, 3.63) is 35.1 Å². The van der Waals surface area contributed by atoms with Gasteiger partial charge in [-0.2, -0.15) is 13.2 Å². The zero-order valence-corrected chi connectivity index (χ0v) is 9.14. The predicted octanol–water partition coefficient (Wildman–Crippen LogP) is 3.12. The highest BCUT2D eigenvalue weighted by Gasteiger charge is 2.32. The number of ketones is 1. The van der Waals surface area contributed by atoms with Crippen LogP contribution in [0.4, 0.5) is 17.6 Å². The summed E-state index contributed by atoms with van der Waals surface area (Å²) in [5, 5.41) is 0. The normalized spacial score (nSPS) is 13.5. The second-order valence-corrected chi connectivity index (χ2v) is 3.50. The van der Waals surface area contributed by atoms with Crippen LogP contribution in [0.5, 0.6) is 0 Å². The number of ether oxygens (including phenoxy) is 1. The van der Waals surface area contributed by atoms with E-state index in [2.05, 4.69) is 0 Å². The first-order chi connectivity index (χ1) is 7.75. The summed E-state index contributed by atoms with van der Waals surface area (Å²) >= 11 is 0. The van der Waals surface area contributed by atoms with Gasteiger partial charge in [0.1, 0.15) is 11.9 Å². The number of hydrogen-bond acceptors (Lipinski definition) is 2. The van der Waals surface area contributed by atoms with E-state index in [9.17, 15) is 22.4 Å². The molecule has 0 N–H and O–H groups in total. The smallest absolute Gasteiger partial charge is 0.369 e. The average molecular weight is 250 g/mol. The summed E-state index contributed by atoms with van der Waals surface area (Å²) in [6, 6.07) is 1.93. The topological polar surface area (TPSA) is 26.3 Å². The lowest BCUT2D eigenvalue weighted by Crippen LogP contribution is -2.13. The molecule has 1 aromatic rings. The summed E-state index contributed by atoms with van der Waals surface area (Å²) in [4.78, 5) is 11.1. The predicted molar refractivity (Wildman–Crippen MR) is 51.8 cm³/mol. The first-order valence-electron chi connectivity index (χ1n) is 4.66. The van der Waals surface area contributed by atoms with E-state index in [0.717, 1.165) is 13.0 Å². The maximum absolute atomic E-state index is 13.1. The third-order valence-corrected chi connectivity index (χ3v) is 2.16. The standard InChI is InChI=1S/C11H10F4O2/c1-6(16)10(17-2)7-3-8(11(13,14)15)5-9(12)4-7/h3-5,10H,1-2H3. The SMILES string of the molecule is COC(C(C)=O)c1cc(F)cc(C(F)(F)F)c1. The summed E-state index contributed by atoms with van der Waals surface area (Å²) < 4.78 is 55.1. The fraction of sp³-hybridized carbons (Fsp3) is 0.364. The van der Waals surface area contributed by atoms with Crippen LogP contribution in [0.2, 0.25) is 0 Å². The lowest BCUT2D eigenvalue weighted by atomic mass is 10.0. The van der Waals surface area contributed by atoms with Gasteiger partial charge in [0.25, 0.3) is 0 Å². The Morgan fingerprint density at radius 1 is 1.29 bits per heavy atom. The molecule has 0 aromatic heterocycles.